The van der Waals surface area contributed by atoms with E-state index >= 15 is 0 Å². The molecular weight excluding hydrogens is 234 g/mol. The normalized spacial score (nSPS) is 15.5. The van der Waals surface area contributed by atoms with Crippen LogP contribution in [0.25, 0.3) is 10.4 Å². The largest absolute Gasteiger partial charge is 0.312 e. The molecule has 16 heavy (non-hydrogen) atoms. The summed E-state index contributed by atoms with van der Waals surface area (Å²) in [6.07, 6.45) is 2.86. The Bertz CT molecular complexity index is 440. The average Bonchev–Trinajstić information content (AvgIpc) is 2.83. The van der Waals surface area contributed by atoms with Gasteiger partial charge in [-0.15, -0.1) is 22.7 Å². The van der Waals surface area contributed by atoms with E-state index in [1.54, 1.807) is 0 Å². The van der Waals surface area contributed by atoms with Gasteiger partial charge in [0, 0.05) is 21.9 Å². The van der Waals surface area contributed by atoms with Crippen LogP contribution in [0.4, 0.5) is 0 Å². The Morgan fingerprint density at radius 3 is 3.00 bits per heavy atom. The van der Waals surface area contributed by atoms with Crippen molar-refractivity contribution in [2.45, 2.75) is 19.4 Å². The molecule has 0 aromatic carbocycles. The molecule has 1 aliphatic rings. The Balaban J connectivity index is 1.59. The van der Waals surface area contributed by atoms with Crippen molar-refractivity contribution >= 4 is 22.7 Å². The van der Waals surface area contributed by atoms with Gasteiger partial charge < -0.3 is 5.32 Å². The van der Waals surface area contributed by atoms with E-state index in [4.69, 9.17) is 0 Å². The van der Waals surface area contributed by atoms with Crippen molar-refractivity contribution < 1.29 is 0 Å². The molecule has 0 unspecified atom stereocenters. The topological polar surface area (TPSA) is 12.0 Å². The van der Waals surface area contributed by atoms with Gasteiger partial charge in [0.2, 0.25) is 0 Å². The van der Waals surface area contributed by atoms with Crippen molar-refractivity contribution in [2.75, 3.05) is 6.54 Å². The summed E-state index contributed by atoms with van der Waals surface area (Å²) in [6.45, 7) is 2.23. The van der Waals surface area contributed by atoms with Crippen molar-refractivity contribution in [1.82, 2.24) is 5.32 Å². The van der Waals surface area contributed by atoms with E-state index in [1.807, 2.05) is 22.7 Å². The summed E-state index contributed by atoms with van der Waals surface area (Å²) in [4.78, 5) is 2.83. The van der Waals surface area contributed by atoms with Crippen LogP contribution in [-0.2, 0) is 6.54 Å². The highest BCUT2D eigenvalue weighted by atomic mass is 32.1. The third-order valence-corrected chi connectivity index (χ3v) is 4.74. The fourth-order valence-electron chi connectivity index (χ4n) is 1.77. The highest BCUT2D eigenvalue weighted by molar-refractivity contribution is 7.14. The molecule has 0 atom stereocenters. The minimum absolute atomic E-state index is 0.969. The summed E-state index contributed by atoms with van der Waals surface area (Å²) in [5, 5.41) is 7.94. The lowest BCUT2D eigenvalue weighted by Gasteiger charge is -1.99. The van der Waals surface area contributed by atoms with E-state index in [2.05, 4.69) is 34.3 Å². The molecule has 1 saturated carbocycles. The summed E-state index contributed by atoms with van der Waals surface area (Å²) < 4.78 is 0. The molecule has 0 spiro atoms. The smallest absolute Gasteiger partial charge is 0.0351 e. The molecule has 2 aromatic rings. The van der Waals surface area contributed by atoms with Crippen LogP contribution in [0.5, 0.6) is 0 Å². The number of thiophene rings is 2. The fraction of sp³-hybridized carbons (Fsp3) is 0.385. The Hall–Kier alpha value is -0.640. The zero-order valence-corrected chi connectivity index (χ0v) is 10.7. The van der Waals surface area contributed by atoms with Crippen LogP contribution < -0.4 is 5.32 Å². The van der Waals surface area contributed by atoms with Crippen LogP contribution in [0, 0.1) is 5.92 Å². The van der Waals surface area contributed by atoms with Crippen molar-refractivity contribution in [1.29, 1.82) is 0 Å². The third kappa shape index (κ3) is 2.54. The maximum atomic E-state index is 3.54. The van der Waals surface area contributed by atoms with Crippen LogP contribution >= 0.6 is 22.7 Å². The molecule has 84 valence electrons. The lowest BCUT2D eigenvalue weighted by molar-refractivity contribution is 0.643. The number of hydrogen-bond acceptors (Lipinski definition) is 3. The summed E-state index contributed by atoms with van der Waals surface area (Å²) >= 11 is 3.68. The minimum atomic E-state index is 0.969. The zero-order valence-electron chi connectivity index (χ0n) is 9.11. The summed E-state index contributed by atoms with van der Waals surface area (Å²) in [7, 11) is 0. The molecule has 2 heterocycles. The monoisotopic (exact) mass is 249 g/mol. The van der Waals surface area contributed by atoms with Crippen molar-refractivity contribution in [3.05, 3.63) is 33.8 Å². The Morgan fingerprint density at radius 2 is 2.25 bits per heavy atom. The van der Waals surface area contributed by atoms with Gasteiger partial charge in [-0.05, 0) is 48.2 Å². The summed E-state index contributed by atoms with van der Waals surface area (Å²) in [5.41, 5.74) is 1.38. The molecule has 2 aromatic heterocycles. The Labute approximate surface area is 104 Å². The number of rotatable bonds is 5. The number of hydrogen-bond donors (Lipinski definition) is 1. The van der Waals surface area contributed by atoms with Crippen LogP contribution in [0.1, 0.15) is 17.7 Å². The molecule has 0 aliphatic heterocycles. The summed E-state index contributed by atoms with van der Waals surface area (Å²) in [6, 6.07) is 6.62. The predicted octanol–water partition coefficient (Wildman–Crippen LogP) is 3.98. The van der Waals surface area contributed by atoms with Gasteiger partial charge in [-0.2, -0.15) is 0 Å². The van der Waals surface area contributed by atoms with Gasteiger partial charge in [0.1, 0.15) is 0 Å². The van der Waals surface area contributed by atoms with E-state index in [0.717, 1.165) is 12.5 Å². The maximum absolute atomic E-state index is 3.54. The SMILES string of the molecule is c1csc(-c2csc(CNCC3CC3)c2)c1. The predicted molar refractivity (Wildman–Crippen MR) is 72.1 cm³/mol. The average molecular weight is 249 g/mol. The van der Waals surface area contributed by atoms with Crippen molar-refractivity contribution in [2.24, 2.45) is 5.92 Å². The molecule has 1 fully saturated rings. The Kier molecular flexibility index (Phi) is 3.09. The van der Waals surface area contributed by atoms with Gasteiger partial charge in [0.25, 0.3) is 0 Å². The second-order valence-electron chi connectivity index (χ2n) is 4.35. The maximum Gasteiger partial charge on any atom is 0.0351 e. The molecule has 0 radical (unpaired) electrons. The molecule has 0 amide bonds. The van der Waals surface area contributed by atoms with Gasteiger partial charge in [-0.3, -0.25) is 0 Å². The molecule has 3 rings (SSSR count). The van der Waals surface area contributed by atoms with Gasteiger partial charge in [0.05, 0.1) is 0 Å². The van der Waals surface area contributed by atoms with Crippen molar-refractivity contribution in [3.8, 4) is 10.4 Å². The van der Waals surface area contributed by atoms with Gasteiger partial charge in [0.15, 0.2) is 0 Å². The van der Waals surface area contributed by atoms with E-state index < -0.39 is 0 Å². The van der Waals surface area contributed by atoms with Crippen LogP contribution in [0.15, 0.2) is 29.0 Å². The fourth-order valence-corrected chi connectivity index (χ4v) is 3.41. The van der Waals surface area contributed by atoms with Crippen LogP contribution in [0.2, 0.25) is 0 Å². The lowest BCUT2D eigenvalue weighted by atomic mass is 10.2. The Morgan fingerprint density at radius 1 is 1.31 bits per heavy atom. The molecular formula is C13H15NS2. The second kappa shape index (κ2) is 4.70. The van der Waals surface area contributed by atoms with Gasteiger partial charge in [-0.25, -0.2) is 0 Å². The van der Waals surface area contributed by atoms with E-state index in [-0.39, 0.29) is 0 Å². The van der Waals surface area contributed by atoms with E-state index in [0.29, 0.717) is 0 Å². The van der Waals surface area contributed by atoms with Crippen molar-refractivity contribution in [3.63, 3.8) is 0 Å². The highest BCUT2D eigenvalue weighted by Gasteiger charge is 2.20. The second-order valence-corrected chi connectivity index (χ2v) is 6.30. The highest BCUT2D eigenvalue weighted by Crippen LogP contribution is 2.30. The van der Waals surface area contributed by atoms with Gasteiger partial charge in [-0.1, -0.05) is 6.07 Å². The third-order valence-electron chi connectivity index (χ3n) is 2.89. The number of nitrogens with one attached hydrogen (secondary N) is 1. The minimum Gasteiger partial charge on any atom is -0.312 e. The first-order chi connectivity index (χ1) is 7.92. The first-order valence-electron chi connectivity index (χ1n) is 5.74. The first kappa shape index (κ1) is 10.5. The lowest BCUT2D eigenvalue weighted by Crippen LogP contribution is -2.15. The van der Waals surface area contributed by atoms with E-state index in [9.17, 15) is 0 Å². The molecule has 1 aliphatic carbocycles. The van der Waals surface area contributed by atoms with Crippen LogP contribution in [-0.4, -0.2) is 6.54 Å². The molecule has 3 heteroatoms. The molecule has 0 saturated heterocycles. The quantitative estimate of drug-likeness (QED) is 0.845. The molecule has 0 bridgehead atoms. The van der Waals surface area contributed by atoms with Crippen LogP contribution in [0.3, 0.4) is 0 Å². The van der Waals surface area contributed by atoms with Gasteiger partial charge >= 0.3 is 0 Å². The summed E-state index contributed by atoms with van der Waals surface area (Å²) in [5.74, 6) is 0.969. The zero-order chi connectivity index (χ0) is 10.8. The standard InChI is InChI=1S/C13H15NS2/c1-2-13(15-5-1)11-6-12(16-9-11)8-14-7-10-3-4-10/h1-2,5-6,9-10,14H,3-4,7-8H2. The van der Waals surface area contributed by atoms with E-state index in [1.165, 1.54) is 34.7 Å². The molecule has 1 N–H and O–H groups in total. The first-order valence-corrected chi connectivity index (χ1v) is 7.50. The molecule has 1 nitrogen and oxygen atoms in total.